The van der Waals surface area contributed by atoms with Crippen LogP contribution in [0.2, 0.25) is 0 Å². The topological polar surface area (TPSA) is 62.7 Å². The summed E-state index contributed by atoms with van der Waals surface area (Å²) in [4.78, 5) is 18.9. The molecule has 5 nitrogen and oxygen atoms in total. The molecule has 1 aromatic heterocycles. The highest BCUT2D eigenvalue weighted by Gasteiger charge is 2.42. The first-order valence-corrected chi connectivity index (χ1v) is 12.8. The molecule has 0 amide bonds. The third-order valence-electron chi connectivity index (χ3n) is 7.68. The van der Waals surface area contributed by atoms with Crippen molar-refractivity contribution in [3.63, 3.8) is 0 Å². The van der Waals surface area contributed by atoms with Gasteiger partial charge in [0.15, 0.2) is 0 Å². The standard InChI is InChI=1S/C32H32N2O3.ClH/c35-30(36)37-31(26-12-4-1-5-13-26)19-23-34(24-20-31)25-21-32(27-14-6-2-7-15-27,28-16-8-3-9-17-28)29-18-10-11-22-33-29;/h1-18,22H,19-21,23-25H2,(H,35,36);1H. The Morgan fingerprint density at radius 2 is 1.34 bits per heavy atom. The first-order chi connectivity index (χ1) is 18.1. The van der Waals surface area contributed by atoms with E-state index < -0.39 is 17.2 Å². The Morgan fingerprint density at radius 3 is 1.84 bits per heavy atom. The van der Waals surface area contributed by atoms with E-state index >= 15 is 0 Å². The Hall–Kier alpha value is -3.67. The monoisotopic (exact) mass is 528 g/mol. The van der Waals surface area contributed by atoms with Gasteiger partial charge in [0.2, 0.25) is 0 Å². The molecule has 1 aliphatic rings. The highest BCUT2D eigenvalue weighted by molar-refractivity contribution is 5.85. The van der Waals surface area contributed by atoms with Crippen LogP contribution in [0.15, 0.2) is 115 Å². The van der Waals surface area contributed by atoms with Crippen LogP contribution in [0, 0.1) is 0 Å². The fraction of sp³-hybridized carbons (Fsp3) is 0.250. The molecule has 0 bridgehead atoms. The largest absolute Gasteiger partial charge is 0.506 e. The third-order valence-corrected chi connectivity index (χ3v) is 7.68. The molecule has 6 heteroatoms. The highest BCUT2D eigenvalue weighted by Crippen LogP contribution is 2.42. The Morgan fingerprint density at radius 1 is 0.816 bits per heavy atom. The van der Waals surface area contributed by atoms with Crippen LogP contribution in [-0.4, -0.2) is 40.8 Å². The van der Waals surface area contributed by atoms with Crippen molar-refractivity contribution in [2.24, 2.45) is 0 Å². The van der Waals surface area contributed by atoms with E-state index in [1.54, 1.807) is 0 Å². The van der Waals surface area contributed by atoms with E-state index in [9.17, 15) is 9.90 Å². The molecule has 0 unspecified atom stereocenters. The maximum absolute atomic E-state index is 11.6. The average Bonchev–Trinajstić information content (AvgIpc) is 2.96. The summed E-state index contributed by atoms with van der Waals surface area (Å²) >= 11 is 0. The van der Waals surface area contributed by atoms with Crippen LogP contribution in [0.3, 0.4) is 0 Å². The molecule has 0 spiro atoms. The van der Waals surface area contributed by atoms with E-state index in [-0.39, 0.29) is 12.4 Å². The number of nitrogens with zero attached hydrogens (tertiary/aromatic N) is 2. The van der Waals surface area contributed by atoms with Crippen molar-refractivity contribution in [2.45, 2.75) is 30.3 Å². The van der Waals surface area contributed by atoms with Crippen molar-refractivity contribution in [1.82, 2.24) is 9.88 Å². The van der Waals surface area contributed by atoms with Crippen LogP contribution in [0.1, 0.15) is 41.6 Å². The molecule has 0 aliphatic carbocycles. The average molecular weight is 529 g/mol. The lowest BCUT2D eigenvalue weighted by atomic mass is 9.69. The second kappa shape index (κ2) is 12.2. The summed E-state index contributed by atoms with van der Waals surface area (Å²) in [6.07, 6.45) is 2.73. The number of carboxylic acid groups (broad SMARTS) is 1. The fourth-order valence-electron chi connectivity index (χ4n) is 5.76. The van der Waals surface area contributed by atoms with Gasteiger partial charge in [-0.25, -0.2) is 4.79 Å². The van der Waals surface area contributed by atoms with Crippen molar-refractivity contribution in [3.05, 3.63) is 138 Å². The summed E-state index contributed by atoms with van der Waals surface area (Å²) in [6, 6.07) is 37.1. The quantitative estimate of drug-likeness (QED) is 0.252. The SMILES string of the molecule is Cl.O=C(O)OC1(c2ccccc2)CCN(CCC(c2ccccc2)(c2ccccc2)c2ccccn2)CC1. The normalized spacial score (nSPS) is 15.3. The molecular weight excluding hydrogens is 496 g/mol. The van der Waals surface area contributed by atoms with Gasteiger partial charge in [0.05, 0.1) is 11.1 Å². The zero-order chi connectivity index (χ0) is 25.6. The van der Waals surface area contributed by atoms with E-state index in [1.165, 1.54) is 11.1 Å². The summed E-state index contributed by atoms with van der Waals surface area (Å²) < 4.78 is 5.55. The second-order valence-electron chi connectivity index (χ2n) is 9.67. The first kappa shape index (κ1) is 27.4. The number of benzene rings is 3. The minimum atomic E-state index is -1.22. The lowest BCUT2D eigenvalue weighted by molar-refractivity contribution is -0.0613. The predicted octanol–water partition coefficient (Wildman–Crippen LogP) is 6.91. The molecule has 3 aromatic carbocycles. The van der Waals surface area contributed by atoms with Crippen molar-refractivity contribution >= 4 is 18.6 Å². The number of carbonyl (C=O) groups is 1. The number of likely N-dealkylation sites (tertiary alicyclic amines) is 1. The predicted molar refractivity (Wildman–Crippen MR) is 152 cm³/mol. The molecule has 196 valence electrons. The minimum absolute atomic E-state index is 0. The van der Waals surface area contributed by atoms with E-state index in [1.807, 2.05) is 54.7 Å². The van der Waals surface area contributed by atoms with Gasteiger partial charge in [-0.2, -0.15) is 0 Å². The van der Waals surface area contributed by atoms with Crippen molar-refractivity contribution in [2.75, 3.05) is 19.6 Å². The molecular formula is C32H33ClN2O3. The lowest BCUT2D eigenvalue weighted by Gasteiger charge is -2.42. The molecule has 5 rings (SSSR count). The van der Waals surface area contributed by atoms with Crippen LogP contribution >= 0.6 is 12.4 Å². The molecule has 0 saturated carbocycles. The van der Waals surface area contributed by atoms with Crippen molar-refractivity contribution in [3.8, 4) is 0 Å². The van der Waals surface area contributed by atoms with Crippen LogP contribution < -0.4 is 0 Å². The van der Waals surface area contributed by atoms with Crippen LogP contribution in [0.25, 0.3) is 0 Å². The van der Waals surface area contributed by atoms with Crippen LogP contribution in [0.4, 0.5) is 4.79 Å². The van der Waals surface area contributed by atoms with Crippen molar-refractivity contribution < 1.29 is 14.6 Å². The number of aromatic nitrogens is 1. The molecule has 0 radical (unpaired) electrons. The molecule has 38 heavy (non-hydrogen) atoms. The van der Waals surface area contributed by atoms with Gasteiger partial charge < -0.3 is 14.7 Å². The number of hydrogen-bond donors (Lipinski definition) is 1. The Balaban J connectivity index is 0.00000336. The molecule has 2 heterocycles. The molecule has 1 saturated heterocycles. The minimum Gasteiger partial charge on any atom is -0.450 e. The number of halogens is 1. The summed E-state index contributed by atoms with van der Waals surface area (Å²) in [5.41, 5.74) is 3.16. The number of rotatable bonds is 8. The van der Waals surface area contributed by atoms with Gasteiger partial charge in [0.25, 0.3) is 0 Å². The van der Waals surface area contributed by atoms with Crippen molar-refractivity contribution in [1.29, 1.82) is 0 Å². The van der Waals surface area contributed by atoms with Gasteiger partial charge in [-0.15, -0.1) is 12.4 Å². The number of piperidine rings is 1. The van der Waals surface area contributed by atoms with E-state index in [0.717, 1.165) is 37.3 Å². The van der Waals surface area contributed by atoms with Gasteiger partial charge >= 0.3 is 6.16 Å². The molecule has 1 N–H and O–H groups in total. The number of pyridine rings is 1. The second-order valence-corrected chi connectivity index (χ2v) is 9.67. The summed E-state index contributed by atoms with van der Waals surface area (Å²) in [6.45, 7) is 2.35. The van der Waals surface area contributed by atoms with E-state index in [2.05, 4.69) is 65.6 Å². The molecule has 0 atom stereocenters. The smallest absolute Gasteiger partial charge is 0.450 e. The van der Waals surface area contributed by atoms with Gasteiger partial charge in [-0.05, 0) is 41.8 Å². The van der Waals surface area contributed by atoms with Gasteiger partial charge in [0.1, 0.15) is 5.60 Å². The Kier molecular flexibility index (Phi) is 8.82. The highest BCUT2D eigenvalue weighted by atomic mass is 35.5. The zero-order valence-corrected chi connectivity index (χ0v) is 22.1. The van der Waals surface area contributed by atoms with Gasteiger partial charge in [-0.1, -0.05) is 97.1 Å². The third kappa shape index (κ3) is 5.59. The lowest BCUT2D eigenvalue weighted by Crippen LogP contribution is -2.46. The maximum atomic E-state index is 11.6. The first-order valence-electron chi connectivity index (χ1n) is 12.8. The van der Waals surface area contributed by atoms with Crippen LogP contribution in [0.5, 0.6) is 0 Å². The Bertz CT molecular complexity index is 1180. The van der Waals surface area contributed by atoms with E-state index in [0.29, 0.717) is 12.8 Å². The fourth-order valence-corrected chi connectivity index (χ4v) is 5.76. The Labute approximate surface area is 230 Å². The number of hydrogen-bond acceptors (Lipinski definition) is 4. The summed E-state index contributed by atoms with van der Waals surface area (Å²) in [5.74, 6) is 0. The van der Waals surface area contributed by atoms with Crippen LogP contribution in [-0.2, 0) is 15.8 Å². The summed E-state index contributed by atoms with van der Waals surface area (Å²) in [5, 5.41) is 9.50. The molecule has 4 aromatic rings. The maximum Gasteiger partial charge on any atom is 0.506 e. The van der Waals surface area contributed by atoms with Gasteiger partial charge in [0, 0.05) is 32.1 Å². The number of ether oxygens (including phenoxy) is 1. The van der Waals surface area contributed by atoms with E-state index in [4.69, 9.17) is 9.72 Å². The van der Waals surface area contributed by atoms with Gasteiger partial charge in [-0.3, -0.25) is 4.98 Å². The zero-order valence-electron chi connectivity index (χ0n) is 21.3. The summed E-state index contributed by atoms with van der Waals surface area (Å²) in [7, 11) is 0. The molecule has 1 aliphatic heterocycles. The molecule has 1 fully saturated rings.